The molecule has 1 atom stereocenters. The predicted molar refractivity (Wildman–Crippen MR) is 220 cm³/mol. The lowest BCUT2D eigenvalue weighted by Crippen LogP contribution is -2.30. The standard InChI is InChI=1S/C46H86O6/c1-4-7-10-13-15-17-18-19-20-21-22-23-24-25-26-27-28-29-31-33-36-39-45(48)51-42-43(41-50-44(47)38-35-32-12-9-6-3)52-46(49)40-37-34-30-16-14-11-8-5-2/h21-22,43H,4-20,23-42H2,1-3H3/b22-21-. The summed E-state index contributed by atoms with van der Waals surface area (Å²) in [6.45, 7) is 6.53. The summed E-state index contributed by atoms with van der Waals surface area (Å²) in [6, 6.07) is 0. The molecule has 0 saturated heterocycles. The highest BCUT2D eigenvalue weighted by Gasteiger charge is 2.19. The van der Waals surface area contributed by atoms with Gasteiger partial charge in [0.05, 0.1) is 0 Å². The summed E-state index contributed by atoms with van der Waals surface area (Å²) in [5, 5.41) is 0. The summed E-state index contributed by atoms with van der Waals surface area (Å²) in [5.74, 6) is -0.884. The normalized spacial score (nSPS) is 12.0. The van der Waals surface area contributed by atoms with Crippen molar-refractivity contribution in [2.75, 3.05) is 13.2 Å². The first-order valence-electron chi connectivity index (χ1n) is 22.7. The van der Waals surface area contributed by atoms with Crippen LogP contribution in [0.4, 0.5) is 0 Å². The van der Waals surface area contributed by atoms with Crippen LogP contribution in [0.5, 0.6) is 0 Å². The van der Waals surface area contributed by atoms with Crippen molar-refractivity contribution in [1.82, 2.24) is 0 Å². The van der Waals surface area contributed by atoms with Gasteiger partial charge in [0.25, 0.3) is 0 Å². The number of carbonyl (C=O) groups is 3. The summed E-state index contributed by atoms with van der Waals surface area (Å²) in [6.07, 6.45) is 43.9. The third kappa shape index (κ3) is 39.4. The second kappa shape index (κ2) is 41.9. The van der Waals surface area contributed by atoms with Crippen LogP contribution in [0.15, 0.2) is 12.2 Å². The van der Waals surface area contributed by atoms with Crippen LogP contribution < -0.4 is 0 Å². The van der Waals surface area contributed by atoms with Crippen molar-refractivity contribution < 1.29 is 28.6 Å². The molecule has 0 spiro atoms. The Morgan fingerprint density at radius 3 is 0.962 bits per heavy atom. The lowest BCUT2D eigenvalue weighted by atomic mass is 10.1. The van der Waals surface area contributed by atoms with Gasteiger partial charge in [0, 0.05) is 19.3 Å². The first-order valence-corrected chi connectivity index (χ1v) is 22.7. The summed E-state index contributed by atoms with van der Waals surface area (Å²) >= 11 is 0. The second-order valence-corrected chi connectivity index (χ2v) is 15.3. The molecule has 0 aliphatic rings. The zero-order valence-corrected chi connectivity index (χ0v) is 34.8. The Bertz CT molecular complexity index is 809. The molecule has 0 aliphatic carbocycles. The molecule has 306 valence electrons. The number of ether oxygens (including phenoxy) is 3. The highest BCUT2D eigenvalue weighted by atomic mass is 16.6. The second-order valence-electron chi connectivity index (χ2n) is 15.3. The van der Waals surface area contributed by atoms with Gasteiger partial charge in [-0.2, -0.15) is 0 Å². The van der Waals surface area contributed by atoms with Crippen molar-refractivity contribution in [3.05, 3.63) is 12.2 Å². The molecule has 0 amide bonds. The average Bonchev–Trinajstić information content (AvgIpc) is 3.14. The van der Waals surface area contributed by atoms with E-state index in [1.807, 2.05) is 0 Å². The molecule has 52 heavy (non-hydrogen) atoms. The smallest absolute Gasteiger partial charge is 0.306 e. The number of allylic oxidation sites excluding steroid dienone is 2. The van der Waals surface area contributed by atoms with Crippen LogP contribution in [0.25, 0.3) is 0 Å². The first kappa shape index (κ1) is 50.1. The molecule has 0 rings (SSSR count). The summed E-state index contributed by atoms with van der Waals surface area (Å²) in [5.41, 5.74) is 0. The van der Waals surface area contributed by atoms with Crippen molar-refractivity contribution in [2.24, 2.45) is 0 Å². The van der Waals surface area contributed by atoms with Crippen LogP contribution in [-0.4, -0.2) is 37.2 Å². The molecule has 0 bridgehead atoms. The highest BCUT2D eigenvalue weighted by molar-refractivity contribution is 5.71. The van der Waals surface area contributed by atoms with Crippen LogP contribution in [-0.2, 0) is 28.6 Å². The fourth-order valence-corrected chi connectivity index (χ4v) is 6.55. The number of unbranched alkanes of at least 4 members (excludes halogenated alkanes) is 28. The minimum atomic E-state index is -0.759. The van der Waals surface area contributed by atoms with Gasteiger partial charge in [-0.15, -0.1) is 0 Å². The summed E-state index contributed by atoms with van der Waals surface area (Å²) < 4.78 is 16.5. The number of esters is 3. The molecule has 0 aromatic rings. The molecule has 6 heteroatoms. The average molecular weight is 735 g/mol. The Kier molecular flexibility index (Phi) is 40.4. The molecule has 0 fully saturated rings. The Balaban J connectivity index is 4.04. The van der Waals surface area contributed by atoms with Crippen molar-refractivity contribution in [1.29, 1.82) is 0 Å². The SMILES string of the molecule is CCCCCCCCCC/C=C\CCCCCCCCCCCC(=O)OCC(COC(=O)CCCCCCC)OC(=O)CCCCCCCCCC. The largest absolute Gasteiger partial charge is 0.462 e. The quantitative estimate of drug-likeness (QED) is 0.0269. The van der Waals surface area contributed by atoms with Crippen LogP contribution in [0.2, 0.25) is 0 Å². The molecule has 0 aromatic carbocycles. The van der Waals surface area contributed by atoms with E-state index in [2.05, 4.69) is 32.9 Å². The Morgan fingerprint density at radius 1 is 0.365 bits per heavy atom. The third-order valence-corrected chi connectivity index (χ3v) is 10.0. The topological polar surface area (TPSA) is 78.9 Å². The van der Waals surface area contributed by atoms with E-state index in [4.69, 9.17) is 14.2 Å². The van der Waals surface area contributed by atoms with Crippen molar-refractivity contribution in [3.63, 3.8) is 0 Å². The van der Waals surface area contributed by atoms with Gasteiger partial charge < -0.3 is 14.2 Å². The van der Waals surface area contributed by atoms with E-state index in [0.717, 1.165) is 64.2 Å². The molecular formula is C46H86O6. The summed E-state index contributed by atoms with van der Waals surface area (Å²) in [7, 11) is 0. The minimum Gasteiger partial charge on any atom is -0.462 e. The Hall–Kier alpha value is -1.85. The van der Waals surface area contributed by atoms with Gasteiger partial charge in [-0.25, -0.2) is 0 Å². The first-order chi connectivity index (χ1) is 25.5. The lowest BCUT2D eigenvalue weighted by Gasteiger charge is -2.18. The van der Waals surface area contributed by atoms with Gasteiger partial charge in [-0.05, 0) is 44.9 Å². The van der Waals surface area contributed by atoms with E-state index < -0.39 is 6.10 Å². The predicted octanol–water partition coefficient (Wildman–Crippen LogP) is 14.3. The fraction of sp³-hybridized carbons (Fsp3) is 0.891. The lowest BCUT2D eigenvalue weighted by molar-refractivity contribution is -0.167. The molecule has 6 nitrogen and oxygen atoms in total. The highest BCUT2D eigenvalue weighted by Crippen LogP contribution is 2.15. The fourth-order valence-electron chi connectivity index (χ4n) is 6.55. The zero-order chi connectivity index (χ0) is 38.0. The molecule has 0 N–H and O–H groups in total. The van der Waals surface area contributed by atoms with E-state index in [9.17, 15) is 14.4 Å². The third-order valence-electron chi connectivity index (χ3n) is 10.0. The molecule has 1 unspecified atom stereocenters. The van der Waals surface area contributed by atoms with E-state index >= 15 is 0 Å². The van der Waals surface area contributed by atoms with Crippen LogP contribution >= 0.6 is 0 Å². The number of hydrogen-bond acceptors (Lipinski definition) is 6. The van der Waals surface area contributed by atoms with E-state index in [1.54, 1.807) is 0 Å². The van der Waals surface area contributed by atoms with Gasteiger partial charge in [-0.1, -0.05) is 193 Å². The van der Waals surface area contributed by atoms with E-state index in [1.165, 1.54) is 141 Å². The van der Waals surface area contributed by atoms with Gasteiger partial charge >= 0.3 is 17.9 Å². The molecule has 0 radical (unpaired) electrons. The van der Waals surface area contributed by atoms with E-state index in [0.29, 0.717) is 19.3 Å². The molecule has 0 saturated carbocycles. The number of carbonyl (C=O) groups excluding carboxylic acids is 3. The Labute approximate surface area is 322 Å². The maximum absolute atomic E-state index is 12.6. The van der Waals surface area contributed by atoms with Crippen molar-refractivity contribution in [3.8, 4) is 0 Å². The monoisotopic (exact) mass is 735 g/mol. The van der Waals surface area contributed by atoms with Gasteiger partial charge in [-0.3, -0.25) is 14.4 Å². The minimum absolute atomic E-state index is 0.0686. The van der Waals surface area contributed by atoms with E-state index in [-0.39, 0.29) is 31.1 Å². The maximum atomic E-state index is 12.6. The number of rotatable bonds is 41. The number of hydrogen-bond donors (Lipinski definition) is 0. The Morgan fingerprint density at radius 2 is 0.635 bits per heavy atom. The van der Waals surface area contributed by atoms with Crippen LogP contribution in [0.3, 0.4) is 0 Å². The van der Waals surface area contributed by atoms with Gasteiger partial charge in [0.1, 0.15) is 13.2 Å². The van der Waals surface area contributed by atoms with Gasteiger partial charge in [0.15, 0.2) is 6.10 Å². The van der Waals surface area contributed by atoms with Crippen molar-refractivity contribution >= 4 is 17.9 Å². The van der Waals surface area contributed by atoms with Gasteiger partial charge in [0.2, 0.25) is 0 Å². The van der Waals surface area contributed by atoms with Crippen LogP contribution in [0.1, 0.15) is 245 Å². The van der Waals surface area contributed by atoms with Crippen LogP contribution in [0, 0.1) is 0 Å². The zero-order valence-electron chi connectivity index (χ0n) is 34.8. The van der Waals surface area contributed by atoms with Crippen molar-refractivity contribution in [2.45, 2.75) is 252 Å². The molecule has 0 heterocycles. The molecule has 0 aliphatic heterocycles. The molecule has 0 aromatic heterocycles. The molecular weight excluding hydrogens is 649 g/mol. The maximum Gasteiger partial charge on any atom is 0.306 e. The summed E-state index contributed by atoms with van der Waals surface area (Å²) in [4.78, 5) is 37.3.